The molecule has 0 bridgehead atoms. The van der Waals surface area contributed by atoms with Crippen LogP contribution in [0, 0.1) is 10.4 Å². The number of rotatable bonds is 3. The Morgan fingerprint density at radius 1 is 0.667 bits per heavy atom. The molecule has 2 aliphatic carbocycles. The van der Waals surface area contributed by atoms with Crippen LogP contribution >= 0.6 is 0 Å². The van der Waals surface area contributed by atoms with Crippen LogP contribution in [0.5, 0.6) is 0 Å². The molecule has 2 aliphatic rings. The van der Waals surface area contributed by atoms with E-state index in [1.807, 2.05) is 0 Å². The van der Waals surface area contributed by atoms with Crippen molar-refractivity contribution in [3.05, 3.63) is 157 Å². The summed E-state index contributed by atoms with van der Waals surface area (Å²) in [5.74, 6) is 0. The first kappa shape index (κ1) is 25.4. The highest BCUT2D eigenvalue weighted by Gasteiger charge is 2.26. The lowest BCUT2D eigenvalue weighted by Crippen LogP contribution is -2.29. The minimum atomic E-state index is -0.0507. The van der Waals surface area contributed by atoms with Crippen molar-refractivity contribution in [2.75, 3.05) is 0 Å². The van der Waals surface area contributed by atoms with Gasteiger partial charge in [0.2, 0.25) is 0 Å². The predicted octanol–water partition coefficient (Wildman–Crippen LogP) is 8.30. The van der Waals surface area contributed by atoms with Gasteiger partial charge in [-0.2, -0.15) is 0 Å². The molecule has 6 rings (SSSR count). The average molecular weight is 507 g/mol. The Morgan fingerprint density at radius 2 is 1.31 bits per heavy atom. The van der Waals surface area contributed by atoms with E-state index in [0.29, 0.717) is 0 Å². The minimum Gasteiger partial charge on any atom is -0.0801 e. The molecule has 4 aromatic rings. The third-order valence-corrected chi connectivity index (χ3v) is 8.15. The maximum absolute atomic E-state index is 2.51. The fourth-order valence-corrected chi connectivity index (χ4v) is 6.09. The van der Waals surface area contributed by atoms with Gasteiger partial charge in [-0.3, -0.25) is 0 Å². The van der Waals surface area contributed by atoms with Crippen LogP contribution in [0.3, 0.4) is 0 Å². The Hall–Kier alpha value is -3.90. The lowest BCUT2D eigenvalue weighted by atomic mass is 9.78. The van der Waals surface area contributed by atoms with Crippen LogP contribution in [0.25, 0.3) is 17.2 Å². The third-order valence-electron chi connectivity index (χ3n) is 8.15. The van der Waals surface area contributed by atoms with Crippen LogP contribution in [-0.2, 0) is 10.8 Å². The number of hydrogen-bond acceptors (Lipinski definition) is 0. The second-order valence-electron chi connectivity index (χ2n) is 13.0. The highest BCUT2D eigenvalue weighted by molar-refractivity contribution is 5.87. The van der Waals surface area contributed by atoms with Crippen LogP contribution in [0.2, 0.25) is 0 Å². The van der Waals surface area contributed by atoms with Crippen molar-refractivity contribution in [2.24, 2.45) is 0 Å². The molecule has 0 unspecified atom stereocenters. The SMILES string of the molecule is CC(C)(C)c1ccc2c(c1)=c1cc(C(C)(C)C)c(=C(c3ccccc3)c3ccccc3)c(C3=CC=CC3)c1C=2. The van der Waals surface area contributed by atoms with E-state index in [-0.39, 0.29) is 10.8 Å². The number of hydrogen-bond donors (Lipinski definition) is 0. The van der Waals surface area contributed by atoms with Gasteiger partial charge in [-0.25, -0.2) is 0 Å². The van der Waals surface area contributed by atoms with E-state index in [0.717, 1.165) is 6.42 Å². The summed E-state index contributed by atoms with van der Waals surface area (Å²) < 4.78 is 0. The van der Waals surface area contributed by atoms with Crippen molar-refractivity contribution < 1.29 is 0 Å². The number of benzene rings is 4. The molecule has 0 heteroatoms. The van der Waals surface area contributed by atoms with Gasteiger partial charge in [-0.15, -0.1) is 0 Å². The number of allylic oxidation sites excluding steroid dienone is 4. The van der Waals surface area contributed by atoms with Crippen LogP contribution in [-0.4, -0.2) is 0 Å². The Bertz CT molecular complexity index is 1810. The molecule has 0 aliphatic heterocycles. The fourth-order valence-electron chi connectivity index (χ4n) is 6.09. The van der Waals surface area contributed by atoms with Gasteiger partial charge in [0.05, 0.1) is 0 Å². The Balaban J connectivity index is 1.90. The Morgan fingerprint density at radius 3 is 1.85 bits per heavy atom. The average Bonchev–Trinajstić information content (AvgIpc) is 3.56. The number of fused-ring (bicyclic) bond motifs is 2. The van der Waals surface area contributed by atoms with Gasteiger partial charge in [-0.1, -0.05) is 139 Å². The molecule has 0 radical (unpaired) electrons. The molecule has 0 fully saturated rings. The smallest absolute Gasteiger partial charge is 0.00295 e. The van der Waals surface area contributed by atoms with E-state index in [2.05, 4.69) is 151 Å². The largest absolute Gasteiger partial charge is 0.0801 e. The van der Waals surface area contributed by atoms with Gasteiger partial charge in [-0.05, 0) is 94.8 Å². The van der Waals surface area contributed by atoms with E-state index >= 15 is 0 Å². The Labute approximate surface area is 233 Å². The molecular formula is C39H38. The van der Waals surface area contributed by atoms with Crippen LogP contribution in [0.4, 0.5) is 0 Å². The van der Waals surface area contributed by atoms with Crippen LogP contribution in [0.15, 0.2) is 103 Å². The van der Waals surface area contributed by atoms with E-state index in [1.54, 1.807) is 0 Å². The summed E-state index contributed by atoms with van der Waals surface area (Å²) in [6, 6.07) is 31.5. The third kappa shape index (κ3) is 4.53. The molecule has 0 nitrogen and oxygen atoms in total. The van der Waals surface area contributed by atoms with Gasteiger partial charge in [0.15, 0.2) is 0 Å². The predicted molar refractivity (Wildman–Crippen MR) is 167 cm³/mol. The minimum absolute atomic E-state index is 0.0507. The lowest BCUT2D eigenvalue weighted by Gasteiger charge is -2.26. The van der Waals surface area contributed by atoms with Crippen molar-refractivity contribution in [1.82, 2.24) is 0 Å². The van der Waals surface area contributed by atoms with E-state index in [4.69, 9.17) is 0 Å². The zero-order valence-corrected chi connectivity index (χ0v) is 24.1. The van der Waals surface area contributed by atoms with Gasteiger partial charge in [0.1, 0.15) is 0 Å². The van der Waals surface area contributed by atoms with Gasteiger partial charge < -0.3 is 0 Å². The quantitative estimate of drug-likeness (QED) is 0.231. The molecule has 0 saturated carbocycles. The summed E-state index contributed by atoms with van der Waals surface area (Å²) >= 11 is 0. The van der Waals surface area contributed by atoms with Crippen molar-refractivity contribution in [3.63, 3.8) is 0 Å². The van der Waals surface area contributed by atoms with E-state index in [1.165, 1.54) is 65.4 Å². The van der Waals surface area contributed by atoms with Gasteiger partial charge >= 0.3 is 0 Å². The topological polar surface area (TPSA) is 0 Å². The molecular weight excluding hydrogens is 468 g/mol. The zero-order valence-electron chi connectivity index (χ0n) is 24.1. The summed E-state index contributed by atoms with van der Waals surface area (Å²) in [7, 11) is 0. The molecule has 4 aromatic carbocycles. The highest BCUT2D eigenvalue weighted by Crippen LogP contribution is 2.34. The standard InChI is InChI=1S/C39H38/c1-38(2,3)30-22-21-29-23-33-32(31(29)24-30)25-34(39(4,5)6)37(36(33)28-19-13-14-20-28)35(26-15-9-7-10-16-26)27-17-11-8-12-18-27/h7-19,21-25H,20H2,1-6H3. The summed E-state index contributed by atoms with van der Waals surface area (Å²) in [6.07, 6.45) is 10.2. The fraction of sp³-hybridized carbons (Fsp3) is 0.231. The van der Waals surface area contributed by atoms with Crippen LogP contribution < -0.4 is 10.4 Å². The summed E-state index contributed by atoms with van der Waals surface area (Å²) in [4.78, 5) is 0. The van der Waals surface area contributed by atoms with E-state index < -0.39 is 0 Å². The first-order valence-corrected chi connectivity index (χ1v) is 14.2. The second-order valence-corrected chi connectivity index (χ2v) is 13.0. The van der Waals surface area contributed by atoms with Gasteiger partial charge in [0, 0.05) is 0 Å². The molecule has 0 atom stereocenters. The molecule has 194 valence electrons. The van der Waals surface area contributed by atoms with Crippen LogP contribution in [0.1, 0.15) is 81.3 Å². The normalized spacial score (nSPS) is 14.1. The first-order chi connectivity index (χ1) is 18.6. The second kappa shape index (κ2) is 9.38. The molecule has 0 heterocycles. The lowest BCUT2D eigenvalue weighted by molar-refractivity contribution is 0.584. The Kier molecular flexibility index (Phi) is 6.11. The van der Waals surface area contributed by atoms with Crippen molar-refractivity contribution in [3.8, 4) is 0 Å². The molecule has 0 amide bonds. The first-order valence-electron chi connectivity index (χ1n) is 14.2. The van der Waals surface area contributed by atoms with Gasteiger partial charge in [0.25, 0.3) is 0 Å². The summed E-state index contributed by atoms with van der Waals surface area (Å²) in [5.41, 5.74) is 10.8. The highest BCUT2D eigenvalue weighted by atomic mass is 14.3. The summed E-state index contributed by atoms with van der Waals surface area (Å²) in [6.45, 7) is 14.0. The van der Waals surface area contributed by atoms with Crippen molar-refractivity contribution >= 4 is 17.2 Å². The zero-order chi connectivity index (χ0) is 27.4. The molecule has 0 aromatic heterocycles. The monoisotopic (exact) mass is 506 g/mol. The van der Waals surface area contributed by atoms with Crippen molar-refractivity contribution in [2.45, 2.75) is 58.8 Å². The summed E-state index contributed by atoms with van der Waals surface area (Å²) in [5, 5.41) is 5.42. The molecule has 0 spiro atoms. The van der Waals surface area contributed by atoms with Crippen molar-refractivity contribution in [1.29, 1.82) is 0 Å². The maximum Gasteiger partial charge on any atom is -0.00295 e. The molecule has 39 heavy (non-hydrogen) atoms. The maximum atomic E-state index is 2.51. The molecule has 0 saturated heterocycles. The van der Waals surface area contributed by atoms with E-state index in [9.17, 15) is 0 Å². The molecule has 0 N–H and O–H groups in total.